The summed E-state index contributed by atoms with van der Waals surface area (Å²) in [6.07, 6.45) is 0. The fraction of sp³-hybridized carbons (Fsp3) is 0.381. The molecule has 1 saturated heterocycles. The number of nitrogens with zero attached hydrogens (tertiary/aromatic N) is 1. The Morgan fingerprint density at radius 3 is 2.67 bits per heavy atom. The number of piperazine rings is 1. The minimum atomic E-state index is -0.372. The second-order valence-electron chi connectivity index (χ2n) is 6.87. The van der Waals surface area contributed by atoms with Crippen LogP contribution in [0.5, 0.6) is 11.5 Å². The molecule has 0 radical (unpaired) electrons. The molecule has 2 aromatic rings. The third-order valence-electron chi connectivity index (χ3n) is 4.86. The maximum atomic E-state index is 13.2. The Morgan fingerprint density at radius 2 is 1.96 bits per heavy atom. The number of hydrogen-bond acceptors (Lipinski definition) is 3. The van der Waals surface area contributed by atoms with E-state index in [0.717, 1.165) is 25.4 Å². The minimum absolute atomic E-state index is 0.0635. The third-order valence-corrected chi connectivity index (χ3v) is 4.86. The molecule has 27 heavy (non-hydrogen) atoms. The Labute approximate surface area is 159 Å². The van der Waals surface area contributed by atoms with Crippen LogP contribution in [-0.4, -0.2) is 50.7 Å². The number of hydrogen-bond donors (Lipinski definition) is 1. The van der Waals surface area contributed by atoms with Crippen LogP contribution in [-0.2, 0) is 11.3 Å². The summed E-state index contributed by atoms with van der Waals surface area (Å²) in [6, 6.07) is 12.1. The minimum Gasteiger partial charge on any atom is -0.496 e. The highest BCUT2D eigenvalue weighted by molar-refractivity contribution is 5.77. The highest BCUT2D eigenvalue weighted by Crippen LogP contribution is 2.18. The largest absolute Gasteiger partial charge is 0.496 e. The van der Waals surface area contributed by atoms with Crippen LogP contribution >= 0.6 is 0 Å². The van der Waals surface area contributed by atoms with E-state index in [1.165, 1.54) is 28.2 Å². The number of ether oxygens (including phenoxy) is 2. The summed E-state index contributed by atoms with van der Waals surface area (Å²) in [5.41, 5.74) is 2.41. The highest BCUT2D eigenvalue weighted by Gasteiger charge is 2.24. The standard InChI is InChI=1S/C21H25FN2O3/c1-16-6-7-20(26-2)17(12-16)14-23-8-10-24(11-9-23)21(25)15-27-19-5-3-4-18(22)13-19/h3-7,12-13H,8-11,14-15H2,1-2H3/p+1. The van der Waals surface area contributed by atoms with Crippen molar-refractivity contribution in [3.05, 3.63) is 59.4 Å². The van der Waals surface area contributed by atoms with Crippen LogP contribution in [0, 0.1) is 12.7 Å². The molecule has 0 aromatic heterocycles. The van der Waals surface area contributed by atoms with E-state index >= 15 is 0 Å². The summed E-state index contributed by atoms with van der Waals surface area (Å²) in [6.45, 7) is 6.03. The quantitative estimate of drug-likeness (QED) is 0.834. The predicted octanol–water partition coefficient (Wildman–Crippen LogP) is 1.45. The first-order chi connectivity index (χ1) is 13.0. The molecule has 144 valence electrons. The lowest BCUT2D eigenvalue weighted by Crippen LogP contribution is -3.13. The molecule has 1 amide bonds. The topological polar surface area (TPSA) is 43.2 Å². The summed E-state index contributed by atoms with van der Waals surface area (Å²) in [5, 5.41) is 0. The van der Waals surface area contributed by atoms with Crippen LogP contribution < -0.4 is 14.4 Å². The molecule has 6 heteroatoms. The number of aryl methyl sites for hydroxylation is 1. The maximum Gasteiger partial charge on any atom is 0.260 e. The molecule has 0 spiro atoms. The fourth-order valence-electron chi connectivity index (χ4n) is 3.36. The average Bonchev–Trinajstić information content (AvgIpc) is 2.67. The van der Waals surface area contributed by atoms with Crippen molar-refractivity contribution in [2.75, 3.05) is 39.9 Å². The van der Waals surface area contributed by atoms with Gasteiger partial charge < -0.3 is 19.3 Å². The second kappa shape index (κ2) is 8.86. The van der Waals surface area contributed by atoms with E-state index in [-0.39, 0.29) is 18.3 Å². The fourth-order valence-corrected chi connectivity index (χ4v) is 3.36. The Balaban J connectivity index is 1.48. The summed E-state index contributed by atoms with van der Waals surface area (Å²) in [7, 11) is 1.69. The van der Waals surface area contributed by atoms with E-state index in [4.69, 9.17) is 9.47 Å². The van der Waals surface area contributed by atoms with Gasteiger partial charge in [-0.25, -0.2) is 4.39 Å². The summed E-state index contributed by atoms with van der Waals surface area (Å²) >= 11 is 0. The van der Waals surface area contributed by atoms with Gasteiger partial charge in [-0.3, -0.25) is 4.79 Å². The number of carbonyl (C=O) groups excluding carboxylic acids is 1. The predicted molar refractivity (Wildman–Crippen MR) is 101 cm³/mol. The van der Waals surface area contributed by atoms with E-state index in [1.54, 1.807) is 19.2 Å². The lowest BCUT2D eigenvalue weighted by molar-refractivity contribution is -0.917. The monoisotopic (exact) mass is 373 g/mol. The van der Waals surface area contributed by atoms with Crippen molar-refractivity contribution in [3.8, 4) is 11.5 Å². The molecule has 0 aliphatic carbocycles. The highest BCUT2D eigenvalue weighted by atomic mass is 19.1. The van der Waals surface area contributed by atoms with Crippen molar-refractivity contribution >= 4 is 5.91 Å². The molecule has 0 saturated carbocycles. The summed E-state index contributed by atoms with van der Waals surface area (Å²) in [4.78, 5) is 15.6. The molecule has 2 aromatic carbocycles. The van der Waals surface area contributed by atoms with Gasteiger partial charge in [0.05, 0.1) is 33.3 Å². The van der Waals surface area contributed by atoms with Gasteiger partial charge in [-0.15, -0.1) is 0 Å². The molecule has 1 aliphatic rings. The number of carbonyl (C=O) groups is 1. The van der Waals surface area contributed by atoms with Crippen LogP contribution in [0.3, 0.4) is 0 Å². The van der Waals surface area contributed by atoms with Crippen LogP contribution in [0.2, 0.25) is 0 Å². The van der Waals surface area contributed by atoms with Gasteiger partial charge in [0.25, 0.3) is 5.91 Å². The second-order valence-corrected chi connectivity index (χ2v) is 6.87. The summed E-state index contributed by atoms with van der Waals surface area (Å²) in [5.74, 6) is 0.851. The molecule has 1 N–H and O–H groups in total. The maximum absolute atomic E-state index is 13.2. The van der Waals surface area contributed by atoms with Gasteiger partial charge in [-0.05, 0) is 31.2 Å². The molecule has 1 aliphatic heterocycles. The number of halogens is 1. The zero-order chi connectivity index (χ0) is 19.2. The zero-order valence-corrected chi connectivity index (χ0v) is 15.8. The van der Waals surface area contributed by atoms with Gasteiger partial charge in [0, 0.05) is 11.6 Å². The molecule has 0 bridgehead atoms. The van der Waals surface area contributed by atoms with E-state index in [1.807, 2.05) is 17.0 Å². The Bertz CT molecular complexity index is 789. The number of rotatable bonds is 6. The summed E-state index contributed by atoms with van der Waals surface area (Å²) < 4.78 is 24.0. The van der Waals surface area contributed by atoms with Gasteiger partial charge in [-0.1, -0.05) is 17.7 Å². The van der Waals surface area contributed by atoms with Gasteiger partial charge in [0.15, 0.2) is 6.61 Å². The van der Waals surface area contributed by atoms with Crippen molar-refractivity contribution in [1.29, 1.82) is 0 Å². The SMILES string of the molecule is COc1ccc(C)cc1C[NH+]1CCN(C(=O)COc2cccc(F)c2)CC1. The van der Waals surface area contributed by atoms with Crippen molar-refractivity contribution in [1.82, 2.24) is 4.90 Å². The number of quaternary nitrogens is 1. The van der Waals surface area contributed by atoms with Crippen LogP contribution in [0.25, 0.3) is 0 Å². The molecular formula is C21H26FN2O3+. The van der Waals surface area contributed by atoms with E-state index < -0.39 is 0 Å². The van der Waals surface area contributed by atoms with Crippen LogP contribution in [0.15, 0.2) is 42.5 Å². The lowest BCUT2D eigenvalue weighted by atomic mass is 10.1. The van der Waals surface area contributed by atoms with E-state index in [9.17, 15) is 9.18 Å². The Hall–Kier alpha value is -2.60. The van der Waals surface area contributed by atoms with E-state index in [0.29, 0.717) is 18.8 Å². The third kappa shape index (κ3) is 5.20. The van der Waals surface area contributed by atoms with Crippen LogP contribution in [0.1, 0.15) is 11.1 Å². The molecule has 0 unspecified atom stereocenters. The van der Waals surface area contributed by atoms with Gasteiger partial charge in [-0.2, -0.15) is 0 Å². The van der Waals surface area contributed by atoms with Gasteiger partial charge in [0.2, 0.25) is 0 Å². The molecule has 1 heterocycles. The van der Waals surface area contributed by atoms with Crippen LogP contribution in [0.4, 0.5) is 4.39 Å². The molecule has 0 atom stereocenters. The smallest absolute Gasteiger partial charge is 0.260 e. The Morgan fingerprint density at radius 1 is 1.19 bits per heavy atom. The average molecular weight is 373 g/mol. The Kier molecular flexibility index (Phi) is 6.29. The van der Waals surface area contributed by atoms with Gasteiger partial charge >= 0.3 is 0 Å². The molecular weight excluding hydrogens is 347 g/mol. The van der Waals surface area contributed by atoms with Crippen molar-refractivity contribution in [2.24, 2.45) is 0 Å². The number of methoxy groups -OCH3 is 1. The molecule has 5 nitrogen and oxygen atoms in total. The molecule has 3 rings (SSSR count). The first-order valence-electron chi connectivity index (χ1n) is 9.18. The first-order valence-corrected chi connectivity index (χ1v) is 9.18. The number of amides is 1. The number of nitrogens with one attached hydrogen (secondary N) is 1. The van der Waals surface area contributed by atoms with Crippen molar-refractivity contribution in [2.45, 2.75) is 13.5 Å². The lowest BCUT2D eigenvalue weighted by Gasteiger charge is -2.32. The van der Waals surface area contributed by atoms with Crippen molar-refractivity contribution in [3.63, 3.8) is 0 Å². The number of benzene rings is 2. The first kappa shape index (κ1) is 19.2. The van der Waals surface area contributed by atoms with Gasteiger partial charge in [0.1, 0.15) is 23.9 Å². The zero-order valence-electron chi connectivity index (χ0n) is 15.8. The van der Waals surface area contributed by atoms with Crippen molar-refractivity contribution < 1.29 is 23.6 Å². The normalized spacial score (nSPS) is 14.9. The van der Waals surface area contributed by atoms with E-state index in [2.05, 4.69) is 13.0 Å². The molecule has 1 fully saturated rings.